The molecule has 5 heterocycles. The molecule has 0 amide bonds. The molecule has 0 fully saturated rings. The molecule has 2 aliphatic carbocycles. The summed E-state index contributed by atoms with van der Waals surface area (Å²) in [5.41, 5.74) is 17.0. The second-order valence-electron chi connectivity index (χ2n) is 20.3. The van der Waals surface area contributed by atoms with Crippen LogP contribution in [0.5, 0.6) is 34.5 Å². The summed E-state index contributed by atoms with van der Waals surface area (Å²) in [6.45, 7) is 17.3. The number of rotatable bonds is 1. The number of aliphatic hydroxyl groups excluding tert-OH is 4. The number of nitrogens with one attached hydrogen (secondary N) is 1. The molecule has 4 unspecified atom stereocenters. The van der Waals surface area contributed by atoms with E-state index >= 15 is 0 Å². The summed E-state index contributed by atoms with van der Waals surface area (Å²) in [7, 11) is 0. The number of hydrogen-bond donors (Lipinski definition) is 5. The van der Waals surface area contributed by atoms with Crippen molar-refractivity contribution >= 4 is 10.9 Å². The van der Waals surface area contributed by atoms with E-state index in [1.165, 1.54) is 61.0 Å². The van der Waals surface area contributed by atoms with Crippen LogP contribution in [0.4, 0.5) is 0 Å². The van der Waals surface area contributed by atoms with Crippen molar-refractivity contribution < 1.29 is 48.8 Å². The molecule has 8 aromatic rings. The zero-order valence-electron chi connectivity index (χ0n) is 44.9. The Morgan fingerprint density at radius 2 is 0.934 bits per heavy atom. The highest BCUT2D eigenvalue weighted by Crippen LogP contribution is 2.36. The van der Waals surface area contributed by atoms with Crippen molar-refractivity contribution in [1.29, 1.82) is 0 Å². The van der Waals surface area contributed by atoms with Gasteiger partial charge in [-0.05, 0) is 178 Å². The van der Waals surface area contributed by atoms with Gasteiger partial charge in [0.2, 0.25) is 6.79 Å². The lowest BCUT2D eigenvalue weighted by molar-refractivity contribution is 0.140. The van der Waals surface area contributed by atoms with Crippen LogP contribution < -0.4 is 28.4 Å². The third-order valence-corrected chi connectivity index (χ3v) is 13.7. The van der Waals surface area contributed by atoms with Crippen molar-refractivity contribution in [3.8, 4) is 34.5 Å². The second kappa shape index (κ2) is 26.0. The Morgan fingerprint density at radius 3 is 1.63 bits per heavy atom. The quantitative estimate of drug-likeness (QED) is 0.107. The minimum absolute atomic E-state index is 0.133. The topological polar surface area (TPSA) is 152 Å². The molecule has 398 valence electrons. The van der Waals surface area contributed by atoms with Crippen LogP contribution >= 0.6 is 0 Å². The first-order valence-electron chi connectivity index (χ1n) is 26.3. The van der Waals surface area contributed by atoms with E-state index in [4.69, 9.17) is 33.5 Å². The zero-order valence-corrected chi connectivity index (χ0v) is 44.9. The number of fused-ring (bicyclic) bond motifs is 7. The highest BCUT2D eigenvalue weighted by Gasteiger charge is 2.24. The molecule has 0 radical (unpaired) electrons. The number of H-pyrrole nitrogens is 1. The molecule has 0 bridgehead atoms. The van der Waals surface area contributed by atoms with Crippen LogP contribution in [-0.2, 0) is 19.3 Å². The molecule has 11 heteroatoms. The van der Waals surface area contributed by atoms with Crippen LogP contribution in [0.15, 0.2) is 140 Å². The smallest absolute Gasteiger partial charge is 0.231 e. The molecular formula is C65H73NO10. The van der Waals surface area contributed by atoms with Gasteiger partial charge in [0, 0.05) is 28.8 Å². The Kier molecular flexibility index (Phi) is 18.8. The molecule has 6 aliphatic rings. The number of benzene rings is 7. The first-order valence-corrected chi connectivity index (χ1v) is 26.3. The summed E-state index contributed by atoms with van der Waals surface area (Å²) in [4.78, 5) is 3.16. The first kappa shape index (κ1) is 55.0. The predicted octanol–water partition coefficient (Wildman–Crippen LogP) is 12.3. The summed E-state index contributed by atoms with van der Waals surface area (Å²) < 4.78 is 31.7. The molecule has 76 heavy (non-hydrogen) atoms. The number of aromatic amines is 1. The second-order valence-corrected chi connectivity index (χ2v) is 20.3. The van der Waals surface area contributed by atoms with Crippen LogP contribution in [0, 0.1) is 48.5 Å². The fraction of sp³-hybridized carbons (Fsp3) is 0.323. The highest BCUT2D eigenvalue weighted by atomic mass is 16.7. The van der Waals surface area contributed by atoms with Crippen LogP contribution in [0.1, 0.15) is 96.9 Å². The summed E-state index contributed by atoms with van der Waals surface area (Å²) in [6.07, 6.45) is 4.83. The molecule has 0 saturated carbocycles. The zero-order chi connectivity index (χ0) is 53.7. The lowest BCUT2D eigenvalue weighted by Gasteiger charge is -2.18. The molecule has 4 aliphatic heterocycles. The van der Waals surface area contributed by atoms with Gasteiger partial charge in [-0.1, -0.05) is 96.1 Å². The number of ether oxygens (including phenoxy) is 6. The normalized spacial score (nSPS) is 17.9. The number of hydrogen-bond acceptors (Lipinski definition) is 10. The van der Waals surface area contributed by atoms with Gasteiger partial charge in [0.15, 0.2) is 23.0 Å². The predicted molar refractivity (Wildman–Crippen MR) is 300 cm³/mol. The van der Waals surface area contributed by atoms with Gasteiger partial charge in [-0.15, -0.1) is 0 Å². The average molecular weight is 1030 g/mol. The Balaban J connectivity index is 0.000000118. The Morgan fingerprint density at radius 1 is 0.434 bits per heavy atom. The molecular weight excluding hydrogens is 955 g/mol. The van der Waals surface area contributed by atoms with Gasteiger partial charge < -0.3 is 53.8 Å². The standard InChI is InChI=1S/C10H12O2.2C10H12O.C9H9N.2C9H10O2.C8H8O2/c1-7-2-3-9-8(5-11)6-12-10(9)4-7;1-7-2-4-9-8(6-7)3-5-10(9)11;1-7-2-3-8-5-10(11)6-9(8)4-7;1-7-2-3-8-4-5-10-9(8)6-7;1-6-2-3-7-8(10)5-11-9(7)4-6;1-7-2-3-8-9(6-7)11-5-4-10-8;1-6-2-3-7-8(4-6)10-5-9-7/h2-4,8,11H,5-6H2,1H3;2,4,6,10-11H,3,5H2,1H3;2-4,10-11H,5-6H2,1H3;2-6,10H,1H3;2-4,8,10H,5H2,1H3;2-3,6H,4-5H2,1H3;2-4H,5H2,1H3. The van der Waals surface area contributed by atoms with E-state index in [1.54, 1.807) is 0 Å². The average Bonchev–Trinajstić information content (AvgIpc) is 4.30. The first-order chi connectivity index (χ1) is 36.7. The van der Waals surface area contributed by atoms with Crippen molar-refractivity contribution in [3.05, 3.63) is 212 Å². The monoisotopic (exact) mass is 1030 g/mol. The fourth-order valence-electron chi connectivity index (χ4n) is 9.60. The van der Waals surface area contributed by atoms with Crippen molar-refractivity contribution in [2.24, 2.45) is 0 Å². The van der Waals surface area contributed by atoms with Crippen LogP contribution in [0.25, 0.3) is 10.9 Å². The number of aliphatic hydroxyl groups is 4. The number of aryl methyl sites for hydroxylation is 8. The van der Waals surface area contributed by atoms with E-state index in [2.05, 4.69) is 86.4 Å². The molecule has 5 N–H and O–H groups in total. The van der Waals surface area contributed by atoms with Crippen LogP contribution in [0.3, 0.4) is 0 Å². The van der Waals surface area contributed by atoms with Crippen molar-refractivity contribution in [3.63, 3.8) is 0 Å². The third kappa shape index (κ3) is 14.8. The van der Waals surface area contributed by atoms with Gasteiger partial charge in [0.25, 0.3) is 0 Å². The van der Waals surface area contributed by atoms with Gasteiger partial charge in [0.1, 0.15) is 37.4 Å². The molecule has 4 atom stereocenters. The van der Waals surface area contributed by atoms with E-state index in [1.807, 2.05) is 107 Å². The van der Waals surface area contributed by atoms with E-state index in [0.717, 1.165) is 82.4 Å². The van der Waals surface area contributed by atoms with Gasteiger partial charge in [-0.25, -0.2) is 0 Å². The Labute approximate surface area is 447 Å². The maximum absolute atomic E-state index is 9.47. The minimum atomic E-state index is -0.425. The highest BCUT2D eigenvalue weighted by molar-refractivity contribution is 5.79. The van der Waals surface area contributed by atoms with Gasteiger partial charge >= 0.3 is 0 Å². The summed E-state index contributed by atoms with van der Waals surface area (Å²) >= 11 is 0. The maximum Gasteiger partial charge on any atom is 0.231 e. The lowest BCUT2D eigenvalue weighted by Crippen LogP contribution is -2.15. The largest absolute Gasteiger partial charge is 0.493 e. The van der Waals surface area contributed by atoms with Crippen molar-refractivity contribution in [2.75, 3.05) is 39.8 Å². The van der Waals surface area contributed by atoms with Gasteiger partial charge in [0.05, 0.1) is 25.4 Å². The molecule has 1 aromatic heterocycles. The SMILES string of the molecule is Cc1ccc2c(c1)CC(O)C2.Cc1ccc2c(c1)CCC2O.Cc1ccc2c(c1)OCC2CO.Cc1ccc2c(c1)OCC2O.Cc1ccc2c(c1)OCCO2.Cc1ccc2c(c1)OCO2.Cc1ccc2cc[nH]c2c1. The van der Waals surface area contributed by atoms with Gasteiger partial charge in [-0.2, -0.15) is 0 Å². The van der Waals surface area contributed by atoms with Crippen molar-refractivity contribution in [1.82, 2.24) is 4.98 Å². The summed E-state index contributed by atoms with van der Waals surface area (Å²) in [6, 6.07) is 45.0. The van der Waals surface area contributed by atoms with E-state index in [0.29, 0.717) is 33.2 Å². The fourth-order valence-corrected chi connectivity index (χ4v) is 9.60. The molecule has 0 saturated heterocycles. The Hall–Kier alpha value is -7.28. The molecule has 14 rings (SSSR count). The van der Waals surface area contributed by atoms with Crippen LogP contribution in [-0.4, -0.2) is 71.3 Å². The Bertz CT molecular complexity index is 3130. The minimum Gasteiger partial charge on any atom is -0.493 e. The van der Waals surface area contributed by atoms with E-state index in [-0.39, 0.29) is 24.7 Å². The maximum atomic E-state index is 9.47. The summed E-state index contributed by atoms with van der Waals surface area (Å²) in [5.74, 6) is 5.40. The molecule has 7 aromatic carbocycles. The van der Waals surface area contributed by atoms with Gasteiger partial charge in [-0.3, -0.25) is 0 Å². The number of aromatic nitrogens is 1. The summed E-state index contributed by atoms with van der Waals surface area (Å²) in [5, 5.41) is 38.4. The van der Waals surface area contributed by atoms with E-state index < -0.39 is 6.10 Å². The van der Waals surface area contributed by atoms with E-state index in [9.17, 15) is 15.3 Å². The lowest BCUT2D eigenvalue weighted by atomic mass is 10.0. The third-order valence-electron chi connectivity index (χ3n) is 13.7. The molecule has 11 nitrogen and oxygen atoms in total. The van der Waals surface area contributed by atoms with Crippen molar-refractivity contribution in [2.45, 2.75) is 98.4 Å². The molecule has 0 spiro atoms. The van der Waals surface area contributed by atoms with Crippen LogP contribution in [0.2, 0.25) is 0 Å².